The molecular formula is C17H23N5O2. The topological polar surface area (TPSA) is 102 Å². The average Bonchev–Trinajstić information content (AvgIpc) is 3.00. The summed E-state index contributed by atoms with van der Waals surface area (Å²) in [5.41, 5.74) is 7.65. The summed E-state index contributed by atoms with van der Waals surface area (Å²) >= 11 is 0. The van der Waals surface area contributed by atoms with Crippen molar-refractivity contribution < 1.29 is 9.59 Å². The second-order valence-electron chi connectivity index (χ2n) is 5.95. The lowest BCUT2D eigenvalue weighted by Gasteiger charge is -2.15. The largest absolute Gasteiger partial charge is 0.346 e. The molecule has 0 saturated carbocycles. The molecule has 0 bridgehead atoms. The third-order valence-electron chi connectivity index (χ3n) is 3.70. The van der Waals surface area contributed by atoms with Gasteiger partial charge in [0.05, 0.1) is 24.5 Å². The average molecular weight is 329 g/mol. The Kier molecular flexibility index (Phi) is 5.70. The second kappa shape index (κ2) is 7.74. The normalized spacial score (nSPS) is 12.0. The van der Waals surface area contributed by atoms with E-state index in [-0.39, 0.29) is 24.3 Å². The second-order valence-corrected chi connectivity index (χ2v) is 5.95. The van der Waals surface area contributed by atoms with E-state index in [1.807, 2.05) is 45.0 Å². The van der Waals surface area contributed by atoms with Crippen LogP contribution in [-0.2, 0) is 9.59 Å². The third kappa shape index (κ3) is 4.20. The van der Waals surface area contributed by atoms with E-state index >= 15 is 0 Å². The number of hydrogen-bond acceptors (Lipinski definition) is 4. The number of carbonyl (C=O) groups is 2. The Morgan fingerprint density at radius 3 is 2.62 bits per heavy atom. The summed E-state index contributed by atoms with van der Waals surface area (Å²) in [6.45, 7) is 5.53. The minimum Gasteiger partial charge on any atom is -0.346 e. The van der Waals surface area contributed by atoms with Crippen LogP contribution in [-0.4, -0.2) is 34.2 Å². The van der Waals surface area contributed by atoms with Crippen LogP contribution < -0.4 is 16.4 Å². The van der Waals surface area contributed by atoms with Crippen LogP contribution in [0.25, 0.3) is 5.69 Å². The highest BCUT2D eigenvalue weighted by atomic mass is 16.2. The summed E-state index contributed by atoms with van der Waals surface area (Å²) in [5, 5.41) is 9.53. The molecule has 0 fully saturated rings. The number of benzene rings is 1. The fourth-order valence-corrected chi connectivity index (χ4v) is 2.17. The van der Waals surface area contributed by atoms with E-state index in [9.17, 15) is 9.59 Å². The summed E-state index contributed by atoms with van der Waals surface area (Å²) in [7, 11) is 0. The van der Waals surface area contributed by atoms with Crippen LogP contribution in [0.5, 0.6) is 0 Å². The van der Waals surface area contributed by atoms with Crippen molar-refractivity contribution in [2.45, 2.75) is 26.8 Å². The molecule has 2 aromatic rings. The molecule has 0 spiro atoms. The molecule has 1 heterocycles. The zero-order valence-corrected chi connectivity index (χ0v) is 14.1. The number of rotatable bonds is 6. The SMILES string of the molecule is Cc1ccccc1-n1nccc1NC(=O)CNC(=O)[C@@H](N)C(C)C. The molecule has 24 heavy (non-hydrogen) atoms. The first-order valence-electron chi connectivity index (χ1n) is 7.83. The highest BCUT2D eigenvalue weighted by molar-refractivity contribution is 5.94. The number of nitrogens with zero attached hydrogens (tertiary/aromatic N) is 2. The van der Waals surface area contributed by atoms with E-state index < -0.39 is 6.04 Å². The zero-order chi connectivity index (χ0) is 17.7. The minimum absolute atomic E-state index is 0.00977. The van der Waals surface area contributed by atoms with Gasteiger partial charge in [-0.05, 0) is 24.5 Å². The molecule has 0 aliphatic heterocycles. The van der Waals surface area contributed by atoms with E-state index in [2.05, 4.69) is 15.7 Å². The number of carbonyl (C=O) groups excluding carboxylic acids is 2. The first-order valence-corrected chi connectivity index (χ1v) is 7.83. The van der Waals surface area contributed by atoms with Crippen LogP contribution in [0.2, 0.25) is 0 Å². The number of aryl methyl sites for hydroxylation is 1. The van der Waals surface area contributed by atoms with E-state index in [1.165, 1.54) is 0 Å². The molecule has 7 nitrogen and oxygen atoms in total. The van der Waals surface area contributed by atoms with Gasteiger partial charge in [0.15, 0.2) is 0 Å². The Labute approximate surface area is 141 Å². The Balaban J connectivity index is 2.00. The maximum Gasteiger partial charge on any atom is 0.244 e. The lowest BCUT2D eigenvalue weighted by atomic mass is 10.1. The molecule has 7 heteroatoms. The van der Waals surface area contributed by atoms with E-state index in [0.29, 0.717) is 5.82 Å². The van der Waals surface area contributed by atoms with Crippen LogP contribution in [0.3, 0.4) is 0 Å². The van der Waals surface area contributed by atoms with Crippen molar-refractivity contribution >= 4 is 17.6 Å². The quantitative estimate of drug-likeness (QED) is 0.741. The number of hydrogen-bond donors (Lipinski definition) is 3. The molecule has 2 rings (SSSR count). The predicted octanol–water partition coefficient (Wildman–Crippen LogP) is 1.22. The lowest BCUT2D eigenvalue weighted by Crippen LogP contribution is -2.46. The minimum atomic E-state index is -0.629. The van der Waals surface area contributed by atoms with Crippen molar-refractivity contribution in [3.05, 3.63) is 42.1 Å². The third-order valence-corrected chi connectivity index (χ3v) is 3.70. The van der Waals surface area contributed by atoms with Crippen LogP contribution in [0, 0.1) is 12.8 Å². The van der Waals surface area contributed by atoms with Gasteiger partial charge in [-0.1, -0.05) is 32.0 Å². The summed E-state index contributed by atoms with van der Waals surface area (Å²) in [4.78, 5) is 23.9. The molecule has 0 saturated heterocycles. The number of amides is 2. The number of para-hydroxylation sites is 1. The predicted molar refractivity (Wildman–Crippen MR) is 92.8 cm³/mol. The standard InChI is InChI=1S/C17H23N5O2/c1-11(2)16(18)17(24)19-10-15(23)21-14-8-9-20-22(14)13-7-5-4-6-12(13)3/h4-9,11,16H,10,18H2,1-3H3,(H,19,24)(H,21,23)/t16-/m0/s1. The first kappa shape index (κ1) is 17.7. The molecule has 128 valence electrons. The molecule has 0 unspecified atom stereocenters. The van der Waals surface area contributed by atoms with Gasteiger partial charge in [0.25, 0.3) is 0 Å². The van der Waals surface area contributed by atoms with Gasteiger partial charge < -0.3 is 16.4 Å². The monoisotopic (exact) mass is 329 g/mol. The number of aromatic nitrogens is 2. The van der Waals surface area contributed by atoms with E-state index in [0.717, 1.165) is 11.3 Å². The summed E-state index contributed by atoms with van der Waals surface area (Å²) < 4.78 is 1.65. The molecule has 2 amide bonds. The summed E-state index contributed by atoms with van der Waals surface area (Å²) in [6, 6.07) is 8.80. The van der Waals surface area contributed by atoms with Gasteiger partial charge in [-0.15, -0.1) is 0 Å². The summed E-state index contributed by atoms with van der Waals surface area (Å²) in [5.74, 6) is -0.130. The van der Waals surface area contributed by atoms with Crippen molar-refractivity contribution in [3.63, 3.8) is 0 Å². The Hall–Kier alpha value is -2.67. The molecule has 0 aliphatic carbocycles. The molecule has 1 aromatic carbocycles. The van der Waals surface area contributed by atoms with Crippen LogP contribution in [0.15, 0.2) is 36.5 Å². The van der Waals surface area contributed by atoms with Crippen molar-refractivity contribution in [3.8, 4) is 5.69 Å². The van der Waals surface area contributed by atoms with Gasteiger partial charge in [0.1, 0.15) is 5.82 Å². The van der Waals surface area contributed by atoms with Gasteiger partial charge in [-0.25, -0.2) is 4.68 Å². The van der Waals surface area contributed by atoms with E-state index in [1.54, 1.807) is 16.9 Å². The first-order chi connectivity index (χ1) is 11.4. The maximum absolute atomic E-state index is 12.1. The summed E-state index contributed by atoms with van der Waals surface area (Å²) in [6.07, 6.45) is 1.61. The van der Waals surface area contributed by atoms with Gasteiger partial charge in [-0.2, -0.15) is 5.10 Å². The van der Waals surface area contributed by atoms with Crippen molar-refractivity contribution in [2.24, 2.45) is 11.7 Å². The Bertz CT molecular complexity index is 723. The van der Waals surface area contributed by atoms with Gasteiger partial charge >= 0.3 is 0 Å². The lowest BCUT2D eigenvalue weighted by molar-refractivity contribution is -0.125. The Morgan fingerprint density at radius 1 is 1.25 bits per heavy atom. The smallest absolute Gasteiger partial charge is 0.244 e. The Morgan fingerprint density at radius 2 is 1.96 bits per heavy atom. The maximum atomic E-state index is 12.1. The highest BCUT2D eigenvalue weighted by Crippen LogP contribution is 2.17. The fraction of sp³-hybridized carbons (Fsp3) is 0.353. The zero-order valence-electron chi connectivity index (χ0n) is 14.1. The number of nitrogens with two attached hydrogens (primary N) is 1. The van der Waals surface area contributed by atoms with Gasteiger partial charge in [-0.3, -0.25) is 9.59 Å². The molecule has 1 atom stereocenters. The number of anilines is 1. The fourth-order valence-electron chi connectivity index (χ4n) is 2.17. The number of nitrogens with one attached hydrogen (secondary N) is 2. The molecule has 4 N–H and O–H groups in total. The molecule has 1 aromatic heterocycles. The molecule has 0 radical (unpaired) electrons. The highest BCUT2D eigenvalue weighted by Gasteiger charge is 2.18. The molecule has 0 aliphatic rings. The van der Waals surface area contributed by atoms with Crippen LogP contribution in [0.1, 0.15) is 19.4 Å². The van der Waals surface area contributed by atoms with Gasteiger partial charge in [0.2, 0.25) is 11.8 Å². The van der Waals surface area contributed by atoms with Crippen LogP contribution >= 0.6 is 0 Å². The van der Waals surface area contributed by atoms with Crippen molar-refractivity contribution in [1.29, 1.82) is 0 Å². The van der Waals surface area contributed by atoms with Gasteiger partial charge in [0, 0.05) is 6.07 Å². The molecular weight excluding hydrogens is 306 g/mol. The van der Waals surface area contributed by atoms with Crippen molar-refractivity contribution in [2.75, 3.05) is 11.9 Å². The van der Waals surface area contributed by atoms with Crippen molar-refractivity contribution in [1.82, 2.24) is 15.1 Å². The van der Waals surface area contributed by atoms with E-state index in [4.69, 9.17) is 5.73 Å². The van der Waals surface area contributed by atoms with Crippen LogP contribution in [0.4, 0.5) is 5.82 Å².